The standard InChI is InChI=1S/C11H10ClF/c12-10-4-7-2-1-6-3-8(13)5-9(10)11(6)7/h3,5,7,10H,1-2,4H2. The van der Waals surface area contributed by atoms with E-state index in [1.54, 1.807) is 12.1 Å². The number of halogens is 2. The van der Waals surface area contributed by atoms with Gasteiger partial charge in [0.15, 0.2) is 0 Å². The van der Waals surface area contributed by atoms with E-state index in [0.717, 1.165) is 24.8 Å². The van der Waals surface area contributed by atoms with Gasteiger partial charge in [-0.15, -0.1) is 11.6 Å². The first kappa shape index (κ1) is 7.81. The zero-order valence-corrected chi connectivity index (χ0v) is 7.94. The number of rotatable bonds is 0. The van der Waals surface area contributed by atoms with Crippen molar-refractivity contribution in [2.75, 3.05) is 0 Å². The number of benzene rings is 1. The molecule has 1 aromatic carbocycles. The maximum absolute atomic E-state index is 13.1. The van der Waals surface area contributed by atoms with Crippen molar-refractivity contribution in [1.82, 2.24) is 0 Å². The molecule has 0 saturated carbocycles. The molecule has 0 aliphatic heterocycles. The van der Waals surface area contributed by atoms with E-state index < -0.39 is 0 Å². The lowest BCUT2D eigenvalue weighted by Gasteiger charge is -2.05. The Kier molecular flexibility index (Phi) is 1.49. The van der Waals surface area contributed by atoms with Gasteiger partial charge in [-0.3, -0.25) is 0 Å². The van der Waals surface area contributed by atoms with E-state index in [1.165, 1.54) is 11.1 Å². The van der Waals surface area contributed by atoms with Crippen molar-refractivity contribution in [2.24, 2.45) is 0 Å². The fraction of sp³-hybridized carbons (Fsp3) is 0.455. The molecular weight excluding hydrogens is 187 g/mol. The molecule has 2 heteroatoms. The SMILES string of the molecule is Fc1cc2c3c(c1)C(Cl)CC3CC2. The third kappa shape index (κ3) is 0.969. The van der Waals surface area contributed by atoms with Gasteiger partial charge in [0.25, 0.3) is 0 Å². The van der Waals surface area contributed by atoms with Crippen LogP contribution in [-0.4, -0.2) is 0 Å². The summed E-state index contributed by atoms with van der Waals surface area (Å²) in [6, 6.07) is 3.29. The average Bonchev–Trinajstić information content (AvgIpc) is 2.59. The van der Waals surface area contributed by atoms with Gasteiger partial charge in [-0.25, -0.2) is 4.39 Å². The lowest BCUT2D eigenvalue weighted by molar-refractivity contribution is 0.619. The summed E-state index contributed by atoms with van der Waals surface area (Å²) >= 11 is 6.15. The highest BCUT2D eigenvalue weighted by Crippen LogP contribution is 2.51. The average molecular weight is 197 g/mol. The van der Waals surface area contributed by atoms with Crippen molar-refractivity contribution in [3.8, 4) is 0 Å². The van der Waals surface area contributed by atoms with Crippen LogP contribution in [0.1, 0.15) is 40.8 Å². The molecule has 2 atom stereocenters. The van der Waals surface area contributed by atoms with Gasteiger partial charge in [0.2, 0.25) is 0 Å². The monoisotopic (exact) mass is 196 g/mol. The Morgan fingerprint density at radius 2 is 2.23 bits per heavy atom. The molecule has 0 nitrogen and oxygen atoms in total. The van der Waals surface area contributed by atoms with E-state index >= 15 is 0 Å². The summed E-state index contributed by atoms with van der Waals surface area (Å²) in [4.78, 5) is 0. The molecule has 0 bridgehead atoms. The number of hydrogen-bond acceptors (Lipinski definition) is 0. The Balaban J connectivity index is 2.28. The summed E-state index contributed by atoms with van der Waals surface area (Å²) in [5.74, 6) is 0.495. The molecule has 2 aliphatic rings. The molecular formula is C11H10ClF. The highest BCUT2D eigenvalue weighted by molar-refractivity contribution is 6.21. The molecule has 0 aromatic heterocycles. The van der Waals surface area contributed by atoms with Crippen LogP contribution in [0.25, 0.3) is 0 Å². The molecule has 0 saturated heterocycles. The van der Waals surface area contributed by atoms with Gasteiger partial charge < -0.3 is 0 Å². The fourth-order valence-corrected chi connectivity index (χ4v) is 3.14. The van der Waals surface area contributed by atoms with Crippen LogP contribution in [-0.2, 0) is 6.42 Å². The minimum atomic E-state index is -0.123. The van der Waals surface area contributed by atoms with Crippen LogP contribution < -0.4 is 0 Å². The van der Waals surface area contributed by atoms with Crippen molar-refractivity contribution in [3.05, 3.63) is 34.6 Å². The normalized spacial score (nSPS) is 29.4. The van der Waals surface area contributed by atoms with Crippen molar-refractivity contribution in [2.45, 2.75) is 30.6 Å². The molecule has 13 heavy (non-hydrogen) atoms. The van der Waals surface area contributed by atoms with Gasteiger partial charge in [-0.2, -0.15) is 0 Å². The zero-order valence-electron chi connectivity index (χ0n) is 7.19. The summed E-state index contributed by atoms with van der Waals surface area (Å²) in [7, 11) is 0. The van der Waals surface area contributed by atoms with Gasteiger partial charge in [0.1, 0.15) is 5.82 Å². The van der Waals surface area contributed by atoms with E-state index in [0.29, 0.717) is 5.92 Å². The smallest absolute Gasteiger partial charge is 0.123 e. The minimum absolute atomic E-state index is 0.0507. The maximum atomic E-state index is 13.1. The van der Waals surface area contributed by atoms with Crippen LogP contribution in [0, 0.1) is 5.82 Å². The van der Waals surface area contributed by atoms with E-state index in [1.807, 2.05) is 0 Å². The highest BCUT2D eigenvalue weighted by atomic mass is 35.5. The lowest BCUT2D eigenvalue weighted by Crippen LogP contribution is -1.90. The Labute approximate surface area is 81.7 Å². The molecule has 0 fully saturated rings. The fourth-order valence-electron chi connectivity index (χ4n) is 2.75. The predicted octanol–water partition coefficient (Wildman–Crippen LogP) is 3.54. The molecule has 0 N–H and O–H groups in total. The van der Waals surface area contributed by atoms with Crippen molar-refractivity contribution < 1.29 is 4.39 Å². The molecule has 2 unspecified atom stereocenters. The van der Waals surface area contributed by atoms with E-state index in [9.17, 15) is 4.39 Å². The largest absolute Gasteiger partial charge is 0.207 e. The highest BCUT2D eigenvalue weighted by Gasteiger charge is 2.35. The first-order chi connectivity index (χ1) is 6.25. The summed E-state index contributed by atoms with van der Waals surface area (Å²) < 4.78 is 13.1. The summed E-state index contributed by atoms with van der Waals surface area (Å²) in [5, 5.41) is 0.0507. The van der Waals surface area contributed by atoms with Crippen molar-refractivity contribution >= 4 is 11.6 Å². The van der Waals surface area contributed by atoms with Crippen LogP contribution in [0.3, 0.4) is 0 Å². The van der Waals surface area contributed by atoms with Crippen LogP contribution in [0.5, 0.6) is 0 Å². The predicted molar refractivity (Wildman–Crippen MR) is 50.7 cm³/mol. The second-order valence-corrected chi connectivity index (χ2v) is 4.53. The molecule has 2 aliphatic carbocycles. The van der Waals surface area contributed by atoms with Gasteiger partial charge >= 0.3 is 0 Å². The van der Waals surface area contributed by atoms with Crippen LogP contribution in [0.2, 0.25) is 0 Å². The Morgan fingerprint density at radius 3 is 3.08 bits per heavy atom. The van der Waals surface area contributed by atoms with Gasteiger partial charge in [0, 0.05) is 0 Å². The molecule has 0 radical (unpaired) electrons. The molecule has 0 amide bonds. The second-order valence-electron chi connectivity index (χ2n) is 4.01. The molecule has 0 spiro atoms. The molecule has 0 heterocycles. The second kappa shape index (κ2) is 2.48. The molecule has 1 aromatic rings. The topological polar surface area (TPSA) is 0 Å². The first-order valence-electron chi connectivity index (χ1n) is 4.72. The third-order valence-corrected chi connectivity index (χ3v) is 3.68. The Morgan fingerprint density at radius 1 is 1.38 bits per heavy atom. The van der Waals surface area contributed by atoms with Crippen LogP contribution in [0.15, 0.2) is 12.1 Å². The maximum Gasteiger partial charge on any atom is 0.123 e. The summed E-state index contributed by atoms with van der Waals surface area (Å²) in [5.41, 5.74) is 3.61. The number of hydrogen-bond donors (Lipinski definition) is 0. The van der Waals surface area contributed by atoms with E-state index in [2.05, 4.69) is 0 Å². The zero-order chi connectivity index (χ0) is 9.00. The first-order valence-corrected chi connectivity index (χ1v) is 5.15. The van der Waals surface area contributed by atoms with E-state index in [4.69, 9.17) is 11.6 Å². The Hall–Kier alpha value is -0.560. The summed E-state index contributed by atoms with van der Waals surface area (Å²) in [6.45, 7) is 0. The van der Waals surface area contributed by atoms with Gasteiger partial charge in [0.05, 0.1) is 5.38 Å². The number of aryl methyl sites for hydroxylation is 1. The lowest BCUT2D eigenvalue weighted by atomic mass is 10.0. The van der Waals surface area contributed by atoms with Gasteiger partial charge in [-0.05, 0) is 54.0 Å². The number of alkyl halides is 1. The van der Waals surface area contributed by atoms with Crippen LogP contribution in [0.4, 0.5) is 4.39 Å². The Bertz CT molecular complexity index is 373. The molecule has 68 valence electrons. The minimum Gasteiger partial charge on any atom is -0.207 e. The van der Waals surface area contributed by atoms with Crippen molar-refractivity contribution in [1.29, 1.82) is 0 Å². The summed E-state index contributed by atoms with van der Waals surface area (Å²) in [6.07, 6.45) is 3.21. The molecule has 3 rings (SSSR count). The quantitative estimate of drug-likeness (QED) is 0.557. The van der Waals surface area contributed by atoms with Gasteiger partial charge in [-0.1, -0.05) is 0 Å². The third-order valence-electron chi connectivity index (χ3n) is 3.26. The van der Waals surface area contributed by atoms with E-state index in [-0.39, 0.29) is 11.2 Å². The van der Waals surface area contributed by atoms with Crippen molar-refractivity contribution in [3.63, 3.8) is 0 Å². The van der Waals surface area contributed by atoms with Crippen LogP contribution >= 0.6 is 11.6 Å².